The standard InChI is InChI=1S/C14H15N3O3S/c1-9(18)15-12-11(14(19)20-2)13(17-16-12)21-8-10-6-4-3-5-7-10/h3-7H,8H2,1-2H3,(H2,15,16,17,18). The molecule has 1 aromatic heterocycles. The molecule has 2 N–H and O–H groups in total. The highest BCUT2D eigenvalue weighted by atomic mass is 32.2. The van der Waals surface area contributed by atoms with Gasteiger partial charge in [-0.2, -0.15) is 5.10 Å². The van der Waals surface area contributed by atoms with E-state index in [4.69, 9.17) is 4.74 Å². The van der Waals surface area contributed by atoms with Crippen LogP contribution in [0.2, 0.25) is 0 Å². The van der Waals surface area contributed by atoms with Crippen molar-refractivity contribution in [1.82, 2.24) is 10.2 Å². The molecule has 0 aliphatic carbocycles. The molecule has 7 heteroatoms. The van der Waals surface area contributed by atoms with Gasteiger partial charge in [0.05, 0.1) is 7.11 Å². The lowest BCUT2D eigenvalue weighted by Gasteiger charge is -2.04. The van der Waals surface area contributed by atoms with Crippen molar-refractivity contribution in [1.29, 1.82) is 0 Å². The quantitative estimate of drug-likeness (QED) is 0.655. The molecule has 110 valence electrons. The van der Waals surface area contributed by atoms with Crippen molar-refractivity contribution in [3.63, 3.8) is 0 Å². The zero-order valence-electron chi connectivity index (χ0n) is 11.7. The molecule has 1 amide bonds. The molecule has 0 bridgehead atoms. The highest BCUT2D eigenvalue weighted by Gasteiger charge is 2.22. The third-order valence-electron chi connectivity index (χ3n) is 2.64. The Hall–Kier alpha value is -2.28. The van der Waals surface area contributed by atoms with E-state index < -0.39 is 5.97 Å². The Balaban J connectivity index is 2.20. The largest absolute Gasteiger partial charge is 0.465 e. The average molecular weight is 305 g/mol. The molecule has 0 radical (unpaired) electrons. The number of methoxy groups -OCH3 is 1. The first-order valence-electron chi connectivity index (χ1n) is 6.22. The number of anilines is 1. The zero-order chi connectivity index (χ0) is 15.2. The number of carbonyl (C=O) groups excluding carboxylic acids is 2. The van der Waals surface area contributed by atoms with Crippen molar-refractivity contribution >= 4 is 29.5 Å². The number of nitrogens with zero attached hydrogens (tertiary/aromatic N) is 1. The van der Waals surface area contributed by atoms with Crippen LogP contribution in [0.25, 0.3) is 0 Å². The number of ether oxygens (including phenoxy) is 1. The lowest BCUT2D eigenvalue weighted by atomic mass is 10.2. The predicted molar refractivity (Wildman–Crippen MR) is 80.2 cm³/mol. The number of rotatable bonds is 5. The molecule has 0 aliphatic rings. The number of amides is 1. The zero-order valence-corrected chi connectivity index (χ0v) is 12.5. The van der Waals surface area contributed by atoms with Gasteiger partial charge < -0.3 is 10.1 Å². The number of thioether (sulfide) groups is 1. The molecular weight excluding hydrogens is 290 g/mol. The van der Waals surface area contributed by atoms with E-state index in [2.05, 4.69) is 15.5 Å². The second-order valence-electron chi connectivity index (χ2n) is 4.22. The summed E-state index contributed by atoms with van der Waals surface area (Å²) in [6, 6.07) is 9.84. The Bertz CT molecular complexity index is 640. The van der Waals surface area contributed by atoms with Crippen molar-refractivity contribution in [3.8, 4) is 0 Å². The van der Waals surface area contributed by atoms with Crippen LogP contribution < -0.4 is 5.32 Å². The second-order valence-corrected chi connectivity index (χ2v) is 5.21. The number of benzene rings is 1. The monoisotopic (exact) mass is 305 g/mol. The number of aromatic amines is 1. The molecule has 0 unspecified atom stereocenters. The van der Waals surface area contributed by atoms with Crippen molar-refractivity contribution in [3.05, 3.63) is 41.5 Å². The normalized spacial score (nSPS) is 10.2. The Morgan fingerprint density at radius 3 is 2.67 bits per heavy atom. The fraction of sp³-hybridized carbons (Fsp3) is 0.214. The molecule has 6 nitrogen and oxygen atoms in total. The van der Waals surface area contributed by atoms with Crippen LogP contribution in [-0.4, -0.2) is 29.2 Å². The van der Waals surface area contributed by atoms with Crippen LogP contribution in [0.4, 0.5) is 5.82 Å². The molecule has 0 fully saturated rings. The first kappa shape index (κ1) is 15.1. The first-order valence-corrected chi connectivity index (χ1v) is 7.21. The van der Waals surface area contributed by atoms with Gasteiger partial charge in [-0.3, -0.25) is 9.89 Å². The van der Waals surface area contributed by atoms with Gasteiger partial charge in [0, 0.05) is 12.7 Å². The topological polar surface area (TPSA) is 84.1 Å². The minimum absolute atomic E-state index is 0.185. The third-order valence-corrected chi connectivity index (χ3v) is 3.70. The summed E-state index contributed by atoms with van der Waals surface area (Å²) in [6.07, 6.45) is 0. The number of aromatic nitrogens is 2. The fourth-order valence-electron chi connectivity index (χ4n) is 1.71. The molecule has 1 heterocycles. The van der Waals surface area contributed by atoms with Crippen LogP contribution in [-0.2, 0) is 15.3 Å². The number of hydrogen-bond donors (Lipinski definition) is 2. The third kappa shape index (κ3) is 3.85. The van der Waals surface area contributed by atoms with Gasteiger partial charge in [-0.25, -0.2) is 4.79 Å². The summed E-state index contributed by atoms with van der Waals surface area (Å²) < 4.78 is 4.75. The first-order chi connectivity index (χ1) is 10.1. The van der Waals surface area contributed by atoms with Gasteiger partial charge >= 0.3 is 5.97 Å². The highest BCUT2D eigenvalue weighted by molar-refractivity contribution is 7.98. The van der Waals surface area contributed by atoms with Crippen LogP contribution in [0.15, 0.2) is 35.4 Å². The van der Waals surface area contributed by atoms with Crippen LogP contribution >= 0.6 is 11.8 Å². The molecular formula is C14H15N3O3S. The van der Waals surface area contributed by atoms with Crippen LogP contribution in [0.5, 0.6) is 0 Å². The second kappa shape index (κ2) is 6.94. The van der Waals surface area contributed by atoms with Gasteiger partial charge in [-0.1, -0.05) is 30.3 Å². The Morgan fingerprint density at radius 2 is 2.05 bits per heavy atom. The van der Waals surface area contributed by atoms with Crippen LogP contribution in [0, 0.1) is 0 Å². The van der Waals surface area contributed by atoms with Crippen molar-refractivity contribution in [2.75, 3.05) is 12.4 Å². The van der Waals surface area contributed by atoms with Crippen LogP contribution in [0.1, 0.15) is 22.8 Å². The van der Waals surface area contributed by atoms with E-state index >= 15 is 0 Å². The van der Waals surface area contributed by atoms with E-state index in [1.54, 1.807) is 0 Å². The summed E-state index contributed by atoms with van der Waals surface area (Å²) in [5, 5.41) is 9.80. The highest BCUT2D eigenvalue weighted by Crippen LogP contribution is 2.29. The van der Waals surface area contributed by atoms with E-state index in [9.17, 15) is 9.59 Å². The molecule has 2 rings (SSSR count). The Kier molecular flexibility index (Phi) is 4.99. The number of carbonyl (C=O) groups is 2. The minimum atomic E-state index is -0.539. The maximum atomic E-state index is 11.9. The average Bonchev–Trinajstić information content (AvgIpc) is 2.87. The van der Waals surface area contributed by atoms with E-state index in [0.717, 1.165) is 5.56 Å². The fourth-order valence-corrected chi connectivity index (χ4v) is 2.65. The molecule has 0 spiro atoms. The summed E-state index contributed by atoms with van der Waals surface area (Å²) in [5.74, 6) is 0.0197. The summed E-state index contributed by atoms with van der Waals surface area (Å²) in [4.78, 5) is 23.0. The van der Waals surface area contributed by atoms with Crippen molar-refractivity contribution in [2.24, 2.45) is 0 Å². The van der Waals surface area contributed by atoms with Gasteiger partial charge in [0.1, 0.15) is 10.6 Å². The van der Waals surface area contributed by atoms with E-state index in [1.165, 1.54) is 25.8 Å². The van der Waals surface area contributed by atoms with E-state index in [-0.39, 0.29) is 17.3 Å². The summed E-state index contributed by atoms with van der Waals surface area (Å²) in [5.41, 5.74) is 1.36. The SMILES string of the molecule is COC(=O)c1c(NC(C)=O)n[nH]c1SCc1ccccc1. The number of nitrogens with one attached hydrogen (secondary N) is 2. The maximum absolute atomic E-state index is 11.9. The van der Waals surface area contributed by atoms with Gasteiger partial charge in [0.25, 0.3) is 0 Å². The van der Waals surface area contributed by atoms with Crippen LogP contribution in [0.3, 0.4) is 0 Å². The Morgan fingerprint density at radius 1 is 1.33 bits per heavy atom. The summed E-state index contributed by atoms with van der Waals surface area (Å²) in [7, 11) is 1.29. The Labute approximate surface area is 126 Å². The van der Waals surface area contributed by atoms with Crippen molar-refractivity contribution < 1.29 is 14.3 Å². The lowest BCUT2D eigenvalue weighted by molar-refractivity contribution is -0.114. The number of hydrogen-bond acceptors (Lipinski definition) is 5. The molecule has 21 heavy (non-hydrogen) atoms. The van der Waals surface area contributed by atoms with Gasteiger partial charge in [-0.05, 0) is 5.56 Å². The number of H-pyrrole nitrogens is 1. The molecule has 2 aromatic rings. The van der Waals surface area contributed by atoms with Crippen molar-refractivity contribution in [2.45, 2.75) is 17.7 Å². The maximum Gasteiger partial charge on any atom is 0.344 e. The molecule has 1 aromatic carbocycles. The van der Waals surface area contributed by atoms with E-state index in [0.29, 0.717) is 10.8 Å². The molecule has 0 saturated carbocycles. The lowest BCUT2D eigenvalue weighted by Crippen LogP contribution is -2.11. The predicted octanol–water partition coefficient (Wildman–Crippen LogP) is 2.45. The number of esters is 1. The van der Waals surface area contributed by atoms with Gasteiger partial charge in [0.15, 0.2) is 5.82 Å². The molecule has 0 aliphatic heterocycles. The van der Waals surface area contributed by atoms with E-state index in [1.807, 2.05) is 30.3 Å². The smallest absolute Gasteiger partial charge is 0.344 e. The molecule has 0 atom stereocenters. The molecule has 0 saturated heterocycles. The summed E-state index contributed by atoms with van der Waals surface area (Å²) in [6.45, 7) is 1.35. The van der Waals surface area contributed by atoms with Gasteiger partial charge in [-0.15, -0.1) is 11.8 Å². The summed E-state index contributed by atoms with van der Waals surface area (Å²) >= 11 is 1.42. The van der Waals surface area contributed by atoms with Gasteiger partial charge in [0.2, 0.25) is 5.91 Å². The minimum Gasteiger partial charge on any atom is -0.465 e.